The highest BCUT2D eigenvalue weighted by Crippen LogP contribution is 2.33. The lowest BCUT2D eigenvalue weighted by Crippen LogP contribution is -2.38. The lowest BCUT2D eigenvalue weighted by atomic mass is 10.2. The Hall–Kier alpha value is -2.99. The number of carbonyl (C=O) groups excluding carboxylic acids is 3. The van der Waals surface area contributed by atoms with Gasteiger partial charge in [0.05, 0.1) is 16.5 Å². The highest BCUT2D eigenvalue weighted by Gasteiger charge is 2.34. The molecule has 1 fully saturated rings. The minimum Gasteiger partial charge on any atom is -0.484 e. The number of rotatable bonds is 7. The third-order valence-electron chi connectivity index (χ3n) is 4.13. The van der Waals surface area contributed by atoms with E-state index in [9.17, 15) is 14.4 Å². The first kappa shape index (κ1) is 22.7. The van der Waals surface area contributed by atoms with Crippen molar-refractivity contribution in [3.8, 4) is 11.8 Å². The molecule has 0 bridgehead atoms. The zero-order chi connectivity index (χ0) is 22.4. The number of carbonyl (C=O) groups is 3. The Bertz CT molecular complexity index is 1100. The number of nitrogens with zero attached hydrogens (tertiary/aromatic N) is 2. The van der Waals surface area contributed by atoms with Crippen LogP contribution >= 0.6 is 35.0 Å². The minimum absolute atomic E-state index is 0.0267. The van der Waals surface area contributed by atoms with Gasteiger partial charge < -0.3 is 10.1 Å². The summed E-state index contributed by atoms with van der Waals surface area (Å²) in [6, 6.07) is 13.2. The van der Waals surface area contributed by atoms with Crippen molar-refractivity contribution in [3.63, 3.8) is 0 Å². The summed E-state index contributed by atoms with van der Waals surface area (Å²) in [7, 11) is 0. The van der Waals surface area contributed by atoms with Crippen LogP contribution in [-0.2, 0) is 9.59 Å². The van der Waals surface area contributed by atoms with E-state index in [1.807, 2.05) is 6.07 Å². The summed E-state index contributed by atoms with van der Waals surface area (Å²) in [5.41, 5.74) is 1.06. The zero-order valence-electron chi connectivity index (χ0n) is 15.9. The quantitative estimate of drug-likeness (QED) is 0.605. The van der Waals surface area contributed by atoms with Crippen molar-refractivity contribution in [2.75, 3.05) is 19.7 Å². The summed E-state index contributed by atoms with van der Waals surface area (Å²) in [6.45, 7) is -0.121. The smallest absolute Gasteiger partial charge is 0.293 e. The van der Waals surface area contributed by atoms with Crippen LogP contribution in [0.5, 0.6) is 5.75 Å². The van der Waals surface area contributed by atoms with E-state index in [1.54, 1.807) is 42.5 Å². The van der Waals surface area contributed by atoms with Crippen molar-refractivity contribution in [3.05, 3.63) is 68.5 Å². The number of imide groups is 1. The molecular weight excluding hydrogens is 461 g/mol. The molecule has 0 unspecified atom stereocenters. The standard InChI is InChI=1S/C21H15Cl2N3O4S/c22-15-4-3-14(17(23)10-15)9-18-20(28)26(21(29)31-18)8-7-25-19(27)12-30-16-5-1-13(11-24)2-6-16/h1-6,9-10H,7-8,12H2,(H,25,27)/b18-9-. The van der Waals surface area contributed by atoms with Crippen LogP contribution in [0.3, 0.4) is 0 Å². The summed E-state index contributed by atoms with van der Waals surface area (Å²) >= 11 is 12.8. The van der Waals surface area contributed by atoms with Crippen LogP contribution in [0, 0.1) is 11.3 Å². The van der Waals surface area contributed by atoms with Crippen LogP contribution in [0.4, 0.5) is 4.79 Å². The average Bonchev–Trinajstić information content (AvgIpc) is 3.02. The maximum absolute atomic E-state index is 12.5. The van der Waals surface area contributed by atoms with Gasteiger partial charge in [-0.2, -0.15) is 5.26 Å². The number of halogens is 2. The molecule has 0 atom stereocenters. The Labute approximate surface area is 192 Å². The molecule has 3 rings (SSSR count). The number of hydrogen-bond acceptors (Lipinski definition) is 6. The number of benzene rings is 2. The van der Waals surface area contributed by atoms with Gasteiger partial charge in [-0.3, -0.25) is 19.3 Å². The van der Waals surface area contributed by atoms with Crippen molar-refractivity contribution in [1.82, 2.24) is 10.2 Å². The van der Waals surface area contributed by atoms with Gasteiger partial charge in [-0.05, 0) is 59.8 Å². The Morgan fingerprint density at radius 2 is 1.94 bits per heavy atom. The third-order valence-corrected chi connectivity index (χ3v) is 5.60. The monoisotopic (exact) mass is 475 g/mol. The van der Waals surface area contributed by atoms with Crippen LogP contribution in [0.15, 0.2) is 47.4 Å². The molecule has 1 aliphatic heterocycles. The predicted molar refractivity (Wildman–Crippen MR) is 119 cm³/mol. The van der Waals surface area contributed by atoms with Crippen molar-refractivity contribution in [1.29, 1.82) is 5.26 Å². The summed E-state index contributed by atoms with van der Waals surface area (Å²) in [6.07, 6.45) is 1.54. The molecule has 2 aromatic rings. The number of ether oxygens (including phenoxy) is 1. The second kappa shape index (κ2) is 10.4. The van der Waals surface area contributed by atoms with Crippen molar-refractivity contribution >= 4 is 58.1 Å². The lowest BCUT2D eigenvalue weighted by Gasteiger charge is -2.13. The Morgan fingerprint density at radius 3 is 2.61 bits per heavy atom. The number of thioether (sulfide) groups is 1. The van der Waals surface area contributed by atoms with E-state index in [2.05, 4.69) is 5.32 Å². The largest absolute Gasteiger partial charge is 0.484 e. The predicted octanol–water partition coefficient (Wildman–Crippen LogP) is 4.10. The third kappa shape index (κ3) is 6.01. The van der Waals surface area contributed by atoms with Gasteiger partial charge in [0.15, 0.2) is 6.61 Å². The van der Waals surface area contributed by atoms with Crippen LogP contribution in [0.25, 0.3) is 6.08 Å². The number of amides is 3. The molecular formula is C21H15Cl2N3O4S. The fraction of sp³-hybridized carbons (Fsp3) is 0.143. The van der Waals surface area contributed by atoms with Gasteiger partial charge in [-0.15, -0.1) is 0 Å². The molecule has 10 heteroatoms. The summed E-state index contributed by atoms with van der Waals surface area (Å²) < 4.78 is 5.33. The minimum atomic E-state index is -0.455. The van der Waals surface area contributed by atoms with Gasteiger partial charge in [0, 0.05) is 23.1 Å². The maximum atomic E-state index is 12.5. The molecule has 0 radical (unpaired) electrons. The van der Waals surface area contributed by atoms with Crippen molar-refractivity contribution in [2.24, 2.45) is 0 Å². The number of nitriles is 1. The van der Waals surface area contributed by atoms with Gasteiger partial charge >= 0.3 is 0 Å². The highest BCUT2D eigenvalue weighted by atomic mass is 35.5. The molecule has 0 aromatic heterocycles. The van der Waals surface area contributed by atoms with Crippen molar-refractivity contribution in [2.45, 2.75) is 0 Å². The van der Waals surface area contributed by atoms with E-state index in [0.29, 0.717) is 26.9 Å². The van der Waals surface area contributed by atoms with E-state index in [-0.39, 0.29) is 24.6 Å². The molecule has 0 spiro atoms. The van der Waals surface area contributed by atoms with E-state index in [1.165, 1.54) is 6.08 Å². The molecule has 2 aromatic carbocycles. The molecule has 1 heterocycles. The molecule has 1 aliphatic rings. The van der Waals surface area contributed by atoms with Crippen molar-refractivity contribution < 1.29 is 19.1 Å². The van der Waals surface area contributed by atoms with Crippen LogP contribution < -0.4 is 10.1 Å². The Balaban J connectivity index is 1.49. The fourth-order valence-electron chi connectivity index (χ4n) is 2.59. The first-order valence-electron chi connectivity index (χ1n) is 8.97. The van der Waals surface area contributed by atoms with Crippen LogP contribution in [-0.4, -0.2) is 41.6 Å². The second-order valence-electron chi connectivity index (χ2n) is 6.27. The highest BCUT2D eigenvalue weighted by molar-refractivity contribution is 8.18. The topological polar surface area (TPSA) is 99.5 Å². The lowest BCUT2D eigenvalue weighted by molar-refractivity contribution is -0.125. The molecule has 1 N–H and O–H groups in total. The van der Waals surface area contributed by atoms with Gasteiger partial charge in [-0.1, -0.05) is 29.3 Å². The molecule has 1 saturated heterocycles. The van der Waals surface area contributed by atoms with Gasteiger partial charge in [0.2, 0.25) is 0 Å². The molecule has 158 valence electrons. The van der Waals surface area contributed by atoms with E-state index >= 15 is 0 Å². The first-order chi connectivity index (χ1) is 14.9. The second-order valence-corrected chi connectivity index (χ2v) is 8.11. The zero-order valence-corrected chi connectivity index (χ0v) is 18.3. The Morgan fingerprint density at radius 1 is 1.19 bits per heavy atom. The van der Waals surface area contributed by atoms with Gasteiger partial charge in [0.1, 0.15) is 5.75 Å². The van der Waals surface area contributed by atoms with Crippen LogP contribution in [0.2, 0.25) is 10.0 Å². The number of hydrogen-bond donors (Lipinski definition) is 1. The van der Waals surface area contributed by atoms with E-state index in [0.717, 1.165) is 16.7 Å². The maximum Gasteiger partial charge on any atom is 0.293 e. The molecule has 31 heavy (non-hydrogen) atoms. The fourth-order valence-corrected chi connectivity index (χ4v) is 3.90. The Kier molecular flexibility index (Phi) is 7.58. The summed E-state index contributed by atoms with van der Waals surface area (Å²) in [5, 5.41) is 11.8. The summed E-state index contributed by atoms with van der Waals surface area (Å²) in [4.78, 5) is 37.9. The summed E-state index contributed by atoms with van der Waals surface area (Å²) in [5.74, 6) is -0.407. The first-order valence-corrected chi connectivity index (χ1v) is 10.5. The average molecular weight is 476 g/mol. The van der Waals surface area contributed by atoms with Crippen LogP contribution in [0.1, 0.15) is 11.1 Å². The van der Waals surface area contributed by atoms with E-state index in [4.69, 9.17) is 33.2 Å². The SMILES string of the molecule is N#Cc1ccc(OCC(=O)NCCN2C(=O)S/C(=C\c3ccc(Cl)cc3Cl)C2=O)cc1. The normalized spacial score (nSPS) is 14.6. The molecule has 7 nitrogen and oxygen atoms in total. The number of nitrogens with one attached hydrogen (secondary N) is 1. The molecule has 0 saturated carbocycles. The van der Waals surface area contributed by atoms with E-state index < -0.39 is 17.1 Å². The van der Waals surface area contributed by atoms with Gasteiger partial charge in [-0.25, -0.2) is 0 Å². The van der Waals surface area contributed by atoms with Gasteiger partial charge in [0.25, 0.3) is 17.1 Å². The molecule has 3 amide bonds. The molecule has 0 aliphatic carbocycles.